The Kier molecular flexibility index (Phi) is 6.03. The summed E-state index contributed by atoms with van der Waals surface area (Å²) in [5.41, 5.74) is -0.971. The van der Waals surface area contributed by atoms with Crippen molar-refractivity contribution in [1.29, 1.82) is 0 Å². The molecule has 2 atom stereocenters. The highest BCUT2D eigenvalue weighted by molar-refractivity contribution is 5.85. The molecule has 0 bridgehead atoms. The maximum atomic E-state index is 12.6. The molecular weight excluding hydrogens is 254 g/mol. The second-order valence-corrected chi connectivity index (χ2v) is 6.55. The molecule has 1 rings (SSSR count). The van der Waals surface area contributed by atoms with Gasteiger partial charge in [0, 0.05) is 19.0 Å². The molecule has 0 radical (unpaired) electrons. The lowest BCUT2D eigenvalue weighted by atomic mass is 9.76. The molecule has 4 heteroatoms. The molecule has 0 spiro atoms. The topological polar surface area (TPSA) is 57.6 Å². The summed E-state index contributed by atoms with van der Waals surface area (Å²) < 4.78 is 0. The Morgan fingerprint density at radius 1 is 1.30 bits per heavy atom. The van der Waals surface area contributed by atoms with Crippen LogP contribution in [0.5, 0.6) is 0 Å². The second kappa shape index (κ2) is 7.09. The molecule has 1 saturated heterocycles. The number of amides is 1. The lowest BCUT2D eigenvalue weighted by molar-refractivity contribution is -0.156. The summed E-state index contributed by atoms with van der Waals surface area (Å²) in [6, 6.07) is 0.287. The first-order chi connectivity index (χ1) is 9.32. The van der Waals surface area contributed by atoms with Crippen LogP contribution in [0.2, 0.25) is 0 Å². The van der Waals surface area contributed by atoms with Crippen molar-refractivity contribution < 1.29 is 14.7 Å². The van der Waals surface area contributed by atoms with E-state index in [4.69, 9.17) is 0 Å². The third kappa shape index (κ3) is 3.74. The van der Waals surface area contributed by atoms with Gasteiger partial charge in [-0.2, -0.15) is 0 Å². The Morgan fingerprint density at radius 2 is 1.95 bits per heavy atom. The fraction of sp³-hybridized carbons (Fsp3) is 0.875. The summed E-state index contributed by atoms with van der Waals surface area (Å²) in [4.78, 5) is 26.1. The van der Waals surface area contributed by atoms with E-state index in [-0.39, 0.29) is 24.3 Å². The Labute approximate surface area is 122 Å². The van der Waals surface area contributed by atoms with Gasteiger partial charge in [-0.3, -0.25) is 9.59 Å². The van der Waals surface area contributed by atoms with Crippen LogP contribution in [0.25, 0.3) is 0 Å². The van der Waals surface area contributed by atoms with Crippen molar-refractivity contribution in [3.63, 3.8) is 0 Å². The Hall–Kier alpha value is -1.06. The quantitative estimate of drug-likeness (QED) is 0.842. The zero-order valence-corrected chi connectivity index (χ0v) is 13.3. The average molecular weight is 283 g/mol. The van der Waals surface area contributed by atoms with Gasteiger partial charge in [0.15, 0.2) is 0 Å². The van der Waals surface area contributed by atoms with Gasteiger partial charge >= 0.3 is 5.97 Å². The molecule has 1 aliphatic heterocycles. The molecule has 1 fully saturated rings. The molecule has 0 aromatic carbocycles. The van der Waals surface area contributed by atoms with Crippen molar-refractivity contribution in [2.45, 2.75) is 72.3 Å². The van der Waals surface area contributed by atoms with Gasteiger partial charge in [0.05, 0.1) is 5.41 Å². The van der Waals surface area contributed by atoms with Crippen LogP contribution >= 0.6 is 0 Å². The van der Waals surface area contributed by atoms with E-state index in [1.54, 1.807) is 6.92 Å². The third-order valence-electron chi connectivity index (χ3n) is 4.95. The van der Waals surface area contributed by atoms with Crippen molar-refractivity contribution in [3.05, 3.63) is 0 Å². The molecule has 0 saturated carbocycles. The Bertz CT molecular complexity index is 354. The molecular formula is C16H29NO3. The van der Waals surface area contributed by atoms with E-state index in [1.807, 2.05) is 18.7 Å². The fourth-order valence-electron chi connectivity index (χ4n) is 2.87. The first-order valence-corrected chi connectivity index (χ1v) is 7.85. The highest BCUT2D eigenvalue weighted by Gasteiger charge is 2.40. The van der Waals surface area contributed by atoms with Gasteiger partial charge in [-0.15, -0.1) is 0 Å². The lowest BCUT2D eigenvalue weighted by Crippen LogP contribution is -2.45. The number of carboxylic acid groups (broad SMARTS) is 1. The van der Waals surface area contributed by atoms with Gasteiger partial charge in [0.25, 0.3) is 0 Å². The van der Waals surface area contributed by atoms with Crippen LogP contribution in [0.3, 0.4) is 0 Å². The van der Waals surface area contributed by atoms with Gasteiger partial charge in [-0.1, -0.05) is 33.6 Å². The highest BCUT2D eigenvalue weighted by Crippen LogP contribution is 2.33. The SMILES string of the molecule is CCC1CCCCCN1C(=O)CC(C)(C(=O)O)C(C)C. The molecule has 2 unspecified atom stereocenters. The number of carbonyl (C=O) groups excluding carboxylic acids is 1. The average Bonchev–Trinajstić information content (AvgIpc) is 2.62. The van der Waals surface area contributed by atoms with Crippen molar-refractivity contribution in [1.82, 2.24) is 4.90 Å². The number of hydrogen-bond donors (Lipinski definition) is 1. The summed E-state index contributed by atoms with van der Waals surface area (Å²) in [7, 11) is 0. The normalized spacial score (nSPS) is 23.2. The number of hydrogen-bond acceptors (Lipinski definition) is 2. The summed E-state index contributed by atoms with van der Waals surface area (Å²) in [6.45, 7) is 8.33. The zero-order valence-electron chi connectivity index (χ0n) is 13.3. The molecule has 0 aromatic rings. The van der Waals surface area contributed by atoms with E-state index in [9.17, 15) is 14.7 Å². The summed E-state index contributed by atoms with van der Waals surface area (Å²) in [5.74, 6) is -0.919. The van der Waals surface area contributed by atoms with E-state index in [1.165, 1.54) is 12.8 Å². The van der Waals surface area contributed by atoms with E-state index < -0.39 is 11.4 Å². The first-order valence-electron chi connectivity index (χ1n) is 7.85. The van der Waals surface area contributed by atoms with Crippen LogP contribution in [0.1, 0.15) is 66.2 Å². The fourth-order valence-corrected chi connectivity index (χ4v) is 2.87. The molecule has 1 amide bonds. The minimum absolute atomic E-state index is 0.0114. The second-order valence-electron chi connectivity index (χ2n) is 6.55. The molecule has 4 nitrogen and oxygen atoms in total. The third-order valence-corrected chi connectivity index (χ3v) is 4.95. The standard InChI is InChI=1S/C16H29NO3/c1-5-13-9-7-6-8-10-17(13)14(18)11-16(4,12(2)3)15(19)20/h12-13H,5-11H2,1-4H3,(H,19,20). The van der Waals surface area contributed by atoms with Gasteiger partial charge in [-0.25, -0.2) is 0 Å². The van der Waals surface area contributed by atoms with E-state index in [0.717, 1.165) is 25.8 Å². The largest absolute Gasteiger partial charge is 0.481 e. The van der Waals surface area contributed by atoms with Crippen molar-refractivity contribution in [2.75, 3.05) is 6.54 Å². The Morgan fingerprint density at radius 3 is 2.45 bits per heavy atom. The van der Waals surface area contributed by atoms with Crippen LogP contribution in [0, 0.1) is 11.3 Å². The number of carbonyl (C=O) groups is 2. The summed E-state index contributed by atoms with van der Waals surface area (Å²) in [5, 5.41) is 9.46. The molecule has 1 aliphatic rings. The molecule has 1 N–H and O–H groups in total. The maximum Gasteiger partial charge on any atom is 0.310 e. The number of rotatable bonds is 5. The van der Waals surface area contributed by atoms with Crippen LogP contribution in [-0.4, -0.2) is 34.5 Å². The Balaban J connectivity index is 2.84. The predicted octanol–water partition coefficient (Wildman–Crippen LogP) is 3.30. The van der Waals surface area contributed by atoms with Crippen molar-refractivity contribution in [2.24, 2.45) is 11.3 Å². The first kappa shape index (κ1) is 17.0. The van der Waals surface area contributed by atoms with Crippen LogP contribution < -0.4 is 0 Å². The summed E-state index contributed by atoms with van der Waals surface area (Å²) >= 11 is 0. The number of aliphatic carboxylic acids is 1. The van der Waals surface area contributed by atoms with Gasteiger partial charge < -0.3 is 10.0 Å². The van der Waals surface area contributed by atoms with Crippen molar-refractivity contribution in [3.8, 4) is 0 Å². The van der Waals surface area contributed by atoms with E-state index >= 15 is 0 Å². The van der Waals surface area contributed by atoms with Gasteiger partial charge in [0.1, 0.15) is 0 Å². The number of nitrogens with zero attached hydrogens (tertiary/aromatic N) is 1. The zero-order chi connectivity index (χ0) is 15.3. The van der Waals surface area contributed by atoms with E-state index in [0.29, 0.717) is 0 Å². The lowest BCUT2D eigenvalue weighted by Gasteiger charge is -2.34. The highest BCUT2D eigenvalue weighted by atomic mass is 16.4. The molecule has 1 heterocycles. The van der Waals surface area contributed by atoms with Crippen LogP contribution in [0.4, 0.5) is 0 Å². The van der Waals surface area contributed by atoms with Crippen LogP contribution in [-0.2, 0) is 9.59 Å². The summed E-state index contributed by atoms with van der Waals surface area (Å²) in [6.07, 6.45) is 5.48. The van der Waals surface area contributed by atoms with Crippen molar-refractivity contribution >= 4 is 11.9 Å². The maximum absolute atomic E-state index is 12.6. The molecule has 0 aliphatic carbocycles. The smallest absolute Gasteiger partial charge is 0.310 e. The minimum Gasteiger partial charge on any atom is -0.481 e. The number of carboxylic acids is 1. The molecule has 116 valence electrons. The van der Waals surface area contributed by atoms with E-state index in [2.05, 4.69) is 6.92 Å². The minimum atomic E-state index is -0.971. The van der Waals surface area contributed by atoms with Gasteiger partial charge in [0.2, 0.25) is 5.91 Å². The molecule has 20 heavy (non-hydrogen) atoms. The monoisotopic (exact) mass is 283 g/mol. The van der Waals surface area contributed by atoms with Gasteiger partial charge in [-0.05, 0) is 32.1 Å². The van der Waals surface area contributed by atoms with Crippen LogP contribution in [0.15, 0.2) is 0 Å². The molecule has 0 aromatic heterocycles. The number of likely N-dealkylation sites (tertiary alicyclic amines) is 1. The predicted molar refractivity (Wildman–Crippen MR) is 79.5 cm³/mol.